The minimum atomic E-state index is -0.431. The molecule has 0 spiro atoms. The molecule has 1 fully saturated rings. The van der Waals surface area contributed by atoms with E-state index < -0.39 is 6.10 Å². The molecule has 1 aromatic carbocycles. The molecule has 3 nitrogen and oxygen atoms in total. The van der Waals surface area contributed by atoms with Crippen LogP contribution in [0.5, 0.6) is 0 Å². The first-order valence-electron chi connectivity index (χ1n) is 8.32. The summed E-state index contributed by atoms with van der Waals surface area (Å²) in [6.07, 6.45) is 1.94. The first kappa shape index (κ1) is 16.7. The van der Waals surface area contributed by atoms with E-state index in [0.717, 1.165) is 6.54 Å². The number of aliphatic hydroxyl groups excluding tert-OH is 1. The molecule has 0 saturated carbocycles. The summed E-state index contributed by atoms with van der Waals surface area (Å²) >= 11 is 1.69. The maximum atomic E-state index is 10.3. The van der Waals surface area contributed by atoms with E-state index in [4.69, 9.17) is 4.74 Å². The molecule has 0 unspecified atom stereocenters. The van der Waals surface area contributed by atoms with Crippen molar-refractivity contribution in [2.24, 2.45) is 0 Å². The summed E-state index contributed by atoms with van der Waals surface area (Å²) in [5.74, 6) is 0. The smallest absolute Gasteiger partial charge is 0.0900 e. The van der Waals surface area contributed by atoms with Crippen LogP contribution < -0.4 is 0 Å². The Bertz CT molecular complexity index is 599. The maximum absolute atomic E-state index is 10.3. The molecule has 1 aliphatic heterocycles. The van der Waals surface area contributed by atoms with Gasteiger partial charge in [0.15, 0.2) is 0 Å². The number of aliphatic hydroxyl groups is 1. The van der Waals surface area contributed by atoms with Crippen molar-refractivity contribution in [2.75, 3.05) is 19.7 Å². The molecule has 23 heavy (non-hydrogen) atoms. The standard InChI is InChI=1S/C19H25NO2S/c1-15-6-2-3-8-18(15)19-9-4-10-20(19)12-16(21)13-22-14-17-7-5-11-23-17/h2-3,5-8,11,16,19,21H,4,9-10,12-14H2,1H3/t16-,19+/m1/s1. The van der Waals surface area contributed by atoms with Gasteiger partial charge in [-0.25, -0.2) is 0 Å². The van der Waals surface area contributed by atoms with E-state index in [1.54, 1.807) is 11.3 Å². The molecule has 3 rings (SSSR count). The molecule has 124 valence electrons. The number of hydrogen-bond donors (Lipinski definition) is 1. The summed E-state index contributed by atoms with van der Waals surface area (Å²) < 4.78 is 5.65. The van der Waals surface area contributed by atoms with E-state index in [1.165, 1.54) is 28.8 Å². The molecule has 2 aromatic rings. The molecule has 1 aliphatic rings. The zero-order valence-corrected chi connectivity index (χ0v) is 14.5. The average Bonchev–Trinajstić information content (AvgIpc) is 3.20. The largest absolute Gasteiger partial charge is 0.389 e. The monoisotopic (exact) mass is 331 g/mol. The van der Waals surface area contributed by atoms with Gasteiger partial charge in [-0.3, -0.25) is 4.90 Å². The van der Waals surface area contributed by atoms with E-state index in [2.05, 4.69) is 42.2 Å². The van der Waals surface area contributed by atoms with Crippen molar-refractivity contribution in [1.82, 2.24) is 4.90 Å². The molecule has 1 N–H and O–H groups in total. The Balaban J connectivity index is 1.51. The van der Waals surface area contributed by atoms with Gasteiger partial charge in [-0.1, -0.05) is 30.3 Å². The average molecular weight is 331 g/mol. The Morgan fingerprint density at radius 1 is 1.30 bits per heavy atom. The molecule has 0 radical (unpaired) electrons. The molecule has 1 saturated heterocycles. The van der Waals surface area contributed by atoms with Crippen LogP contribution >= 0.6 is 11.3 Å². The van der Waals surface area contributed by atoms with Crippen LogP contribution in [-0.4, -0.2) is 35.8 Å². The quantitative estimate of drug-likeness (QED) is 0.838. The second kappa shape index (κ2) is 8.06. The van der Waals surface area contributed by atoms with Gasteiger partial charge < -0.3 is 9.84 Å². The highest BCUT2D eigenvalue weighted by atomic mass is 32.1. The van der Waals surface area contributed by atoms with Crippen LogP contribution in [0.15, 0.2) is 41.8 Å². The molecular formula is C19H25NO2S. The van der Waals surface area contributed by atoms with Crippen molar-refractivity contribution in [2.45, 2.75) is 38.5 Å². The second-order valence-electron chi connectivity index (χ2n) is 6.26. The number of thiophene rings is 1. The van der Waals surface area contributed by atoms with Crippen LogP contribution in [0.3, 0.4) is 0 Å². The Morgan fingerprint density at radius 2 is 2.17 bits per heavy atom. The SMILES string of the molecule is Cc1ccccc1[C@@H]1CCCN1C[C@@H](O)COCc1cccs1. The van der Waals surface area contributed by atoms with Crippen molar-refractivity contribution < 1.29 is 9.84 Å². The second-order valence-corrected chi connectivity index (χ2v) is 7.29. The van der Waals surface area contributed by atoms with Crippen LogP contribution in [0, 0.1) is 6.92 Å². The van der Waals surface area contributed by atoms with Gasteiger partial charge in [0.1, 0.15) is 0 Å². The molecule has 2 heterocycles. The molecule has 4 heteroatoms. The van der Waals surface area contributed by atoms with Gasteiger partial charge in [0, 0.05) is 17.5 Å². The fraction of sp³-hybridized carbons (Fsp3) is 0.474. The topological polar surface area (TPSA) is 32.7 Å². The predicted octanol–water partition coefficient (Wildman–Crippen LogP) is 3.77. The number of nitrogens with zero attached hydrogens (tertiary/aromatic N) is 1. The highest BCUT2D eigenvalue weighted by Gasteiger charge is 2.28. The Labute approximate surface area is 142 Å². The maximum Gasteiger partial charge on any atom is 0.0900 e. The Hall–Kier alpha value is -1.20. The lowest BCUT2D eigenvalue weighted by atomic mass is 9.99. The summed E-state index contributed by atoms with van der Waals surface area (Å²) in [6, 6.07) is 13.1. The first-order chi connectivity index (χ1) is 11.2. The molecule has 0 aliphatic carbocycles. The van der Waals surface area contributed by atoms with Crippen molar-refractivity contribution in [3.8, 4) is 0 Å². The van der Waals surface area contributed by atoms with Crippen molar-refractivity contribution in [1.29, 1.82) is 0 Å². The number of likely N-dealkylation sites (tertiary alicyclic amines) is 1. The van der Waals surface area contributed by atoms with Gasteiger partial charge in [0.2, 0.25) is 0 Å². The molecule has 2 atom stereocenters. The van der Waals surface area contributed by atoms with E-state index in [0.29, 0.717) is 25.8 Å². The number of aryl methyl sites for hydroxylation is 1. The minimum absolute atomic E-state index is 0.398. The summed E-state index contributed by atoms with van der Waals surface area (Å²) in [7, 11) is 0. The fourth-order valence-corrected chi connectivity index (χ4v) is 4.01. The number of hydrogen-bond acceptors (Lipinski definition) is 4. The fourth-order valence-electron chi connectivity index (χ4n) is 3.37. The summed E-state index contributed by atoms with van der Waals surface area (Å²) in [5, 5.41) is 12.4. The lowest BCUT2D eigenvalue weighted by Crippen LogP contribution is -2.34. The van der Waals surface area contributed by atoms with Crippen molar-refractivity contribution in [3.05, 3.63) is 57.8 Å². The number of ether oxygens (including phenoxy) is 1. The van der Waals surface area contributed by atoms with Crippen molar-refractivity contribution >= 4 is 11.3 Å². The lowest BCUT2D eigenvalue weighted by molar-refractivity contribution is 0.00844. The molecule has 1 aromatic heterocycles. The lowest BCUT2D eigenvalue weighted by Gasteiger charge is -2.28. The van der Waals surface area contributed by atoms with Crippen LogP contribution in [0.4, 0.5) is 0 Å². The van der Waals surface area contributed by atoms with Gasteiger partial charge in [0.05, 0.1) is 19.3 Å². The summed E-state index contributed by atoms with van der Waals surface area (Å²) in [4.78, 5) is 3.61. The predicted molar refractivity (Wildman–Crippen MR) is 94.7 cm³/mol. The van der Waals surface area contributed by atoms with Crippen LogP contribution in [0.2, 0.25) is 0 Å². The number of rotatable bonds is 7. The van der Waals surface area contributed by atoms with E-state index in [-0.39, 0.29) is 0 Å². The van der Waals surface area contributed by atoms with Gasteiger partial charge in [-0.2, -0.15) is 0 Å². The van der Waals surface area contributed by atoms with Crippen LogP contribution in [0.1, 0.15) is 34.9 Å². The van der Waals surface area contributed by atoms with Gasteiger partial charge in [-0.05, 0) is 48.9 Å². The number of β-amino-alcohol motifs (C(OH)–C–C–N with tert-alkyl or cyclic N) is 1. The summed E-state index contributed by atoms with van der Waals surface area (Å²) in [6.45, 7) is 4.90. The Morgan fingerprint density at radius 3 is 2.96 bits per heavy atom. The number of benzene rings is 1. The highest BCUT2D eigenvalue weighted by Crippen LogP contribution is 2.33. The zero-order valence-electron chi connectivity index (χ0n) is 13.6. The molecule has 0 bridgehead atoms. The van der Waals surface area contributed by atoms with Gasteiger partial charge >= 0.3 is 0 Å². The molecule has 0 amide bonds. The third kappa shape index (κ3) is 4.42. The van der Waals surface area contributed by atoms with Gasteiger partial charge in [0.25, 0.3) is 0 Å². The van der Waals surface area contributed by atoms with E-state index in [9.17, 15) is 5.11 Å². The third-order valence-corrected chi connectivity index (χ3v) is 5.34. The normalized spacial score (nSPS) is 20.0. The van der Waals surface area contributed by atoms with Crippen LogP contribution in [0.25, 0.3) is 0 Å². The van der Waals surface area contributed by atoms with Crippen LogP contribution in [-0.2, 0) is 11.3 Å². The zero-order chi connectivity index (χ0) is 16.1. The van der Waals surface area contributed by atoms with Crippen molar-refractivity contribution in [3.63, 3.8) is 0 Å². The first-order valence-corrected chi connectivity index (χ1v) is 9.20. The third-order valence-electron chi connectivity index (χ3n) is 4.49. The minimum Gasteiger partial charge on any atom is -0.389 e. The molecular weight excluding hydrogens is 306 g/mol. The van der Waals surface area contributed by atoms with E-state index in [1.807, 2.05) is 11.4 Å². The highest BCUT2D eigenvalue weighted by molar-refractivity contribution is 7.09. The van der Waals surface area contributed by atoms with E-state index >= 15 is 0 Å². The summed E-state index contributed by atoms with van der Waals surface area (Å²) in [5.41, 5.74) is 2.74. The Kier molecular flexibility index (Phi) is 5.84. The van der Waals surface area contributed by atoms with Gasteiger partial charge in [-0.15, -0.1) is 11.3 Å².